The molecular formula is C28H26ClF4NO4S2. The van der Waals surface area contributed by atoms with Crippen LogP contribution in [0.4, 0.5) is 28.9 Å². The molecule has 0 aliphatic heterocycles. The van der Waals surface area contributed by atoms with Crippen LogP contribution < -0.4 is 13.8 Å². The summed E-state index contributed by atoms with van der Waals surface area (Å²) in [4.78, 5) is 0. The number of ether oxygens (including phenoxy) is 2. The molecule has 0 aliphatic rings. The third-order valence-corrected chi connectivity index (χ3v) is 8.32. The van der Waals surface area contributed by atoms with Crippen LogP contribution in [-0.2, 0) is 15.4 Å². The lowest BCUT2D eigenvalue weighted by Gasteiger charge is -2.30. The predicted molar refractivity (Wildman–Crippen MR) is 151 cm³/mol. The monoisotopic (exact) mass is 615 g/mol. The number of benzene rings is 3. The van der Waals surface area contributed by atoms with Gasteiger partial charge in [0.05, 0.1) is 23.7 Å². The minimum absolute atomic E-state index is 0.0629. The number of hydrogen-bond donors (Lipinski definition) is 0. The normalized spacial score (nSPS) is 12.7. The molecule has 0 unspecified atom stereocenters. The van der Waals surface area contributed by atoms with Crippen molar-refractivity contribution in [1.29, 1.82) is 0 Å². The Hall–Kier alpha value is -3.02. The van der Waals surface area contributed by atoms with Crippen molar-refractivity contribution in [2.24, 2.45) is 0 Å². The zero-order valence-corrected chi connectivity index (χ0v) is 24.5. The van der Waals surface area contributed by atoms with Crippen LogP contribution in [0.2, 0.25) is 5.02 Å². The summed E-state index contributed by atoms with van der Waals surface area (Å²) in [6.45, 7) is 6.93. The summed E-state index contributed by atoms with van der Waals surface area (Å²) < 4.78 is 92.2. The van der Waals surface area contributed by atoms with E-state index in [1.807, 2.05) is 0 Å². The average Bonchev–Trinajstić information content (AvgIpc) is 3.27. The predicted octanol–water partition coefficient (Wildman–Crippen LogP) is 8.80. The van der Waals surface area contributed by atoms with E-state index >= 15 is 4.39 Å². The highest BCUT2D eigenvalue weighted by Crippen LogP contribution is 2.42. The van der Waals surface area contributed by atoms with Crippen LogP contribution in [0.15, 0.2) is 60.0 Å². The van der Waals surface area contributed by atoms with Crippen molar-refractivity contribution < 1.29 is 35.5 Å². The standard InChI is InChI=1S/C28H26ClF4NO4S2/c1-16(2)37-21-12-18(13-22(15-21)38-28(31,32)33)27(3,4)17-10-19(29)14-20(11-17)34(40(5,35)36)24-6-7-25-23(26(24)30)8-9-39-25/h6-16H,1-5H3. The van der Waals surface area contributed by atoms with E-state index in [0.29, 0.717) is 15.8 Å². The Morgan fingerprint density at radius 3 is 2.23 bits per heavy atom. The number of hydrogen-bond acceptors (Lipinski definition) is 5. The Balaban J connectivity index is 1.88. The van der Waals surface area contributed by atoms with Crippen LogP contribution >= 0.6 is 22.9 Å². The molecule has 0 amide bonds. The molecule has 4 aromatic rings. The van der Waals surface area contributed by atoms with Crippen molar-refractivity contribution in [2.75, 3.05) is 10.6 Å². The third kappa shape index (κ3) is 6.47. The van der Waals surface area contributed by atoms with Gasteiger partial charge in [0.15, 0.2) is 5.82 Å². The first-order valence-electron chi connectivity index (χ1n) is 12.0. The van der Waals surface area contributed by atoms with Crippen molar-refractivity contribution in [3.8, 4) is 11.5 Å². The average molecular weight is 616 g/mol. The van der Waals surface area contributed by atoms with Crippen molar-refractivity contribution in [1.82, 2.24) is 0 Å². The van der Waals surface area contributed by atoms with Crippen molar-refractivity contribution >= 4 is 54.4 Å². The third-order valence-electron chi connectivity index (χ3n) is 6.15. The number of sulfonamides is 1. The number of nitrogens with zero attached hydrogens (tertiary/aromatic N) is 1. The van der Waals surface area contributed by atoms with E-state index in [2.05, 4.69) is 4.74 Å². The van der Waals surface area contributed by atoms with E-state index in [-0.39, 0.29) is 33.6 Å². The lowest BCUT2D eigenvalue weighted by atomic mass is 9.78. The molecule has 5 nitrogen and oxygen atoms in total. The molecule has 0 saturated carbocycles. The van der Waals surface area contributed by atoms with Gasteiger partial charge in [0, 0.05) is 26.6 Å². The quantitative estimate of drug-likeness (QED) is 0.186. The number of fused-ring (bicyclic) bond motifs is 1. The number of alkyl halides is 3. The zero-order chi connectivity index (χ0) is 29.6. The van der Waals surface area contributed by atoms with E-state index in [1.54, 1.807) is 57.3 Å². The molecule has 3 aromatic carbocycles. The summed E-state index contributed by atoms with van der Waals surface area (Å²) in [5, 5.41) is 2.13. The van der Waals surface area contributed by atoms with Crippen LogP contribution in [0.5, 0.6) is 11.5 Å². The molecule has 40 heavy (non-hydrogen) atoms. The SMILES string of the molecule is CC(C)Oc1cc(OC(F)(F)F)cc(C(C)(C)c2cc(Cl)cc(N(c3ccc4sccc4c3F)S(C)(=O)=O)c2)c1. The first-order valence-corrected chi connectivity index (χ1v) is 15.1. The van der Waals surface area contributed by atoms with Gasteiger partial charge in [-0.15, -0.1) is 24.5 Å². The highest BCUT2D eigenvalue weighted by molar-refractivity contribution is 7.92. The highest BCUT2D eigenvalue weighted by atomic mass is 35.5. The molecule has 0 fully saturated rings. The minimum Gasteiger partial charge on any atom is -0.491 e. The molecule has 1 aromatic heterocycles. The van der Waals surface area contributed by atoms with Crippen LogP contribution in [0, 0.1) is 5.82 Å². The fourth-order valence-electron chi connectivity index (χ4n) is 4.35. The molecule has 12 heteroatoms. The van der Waals surface area contributed by atoms with Crippen molar-refractivity contribution in [2.45, 2.75) is 45.6 Å². The van der Waals surface area contributed by atoms with Gasteiger partial charge in [-0.25, -0.2) is 17.1 Å². The molecule has 0 bridgehead atoms. The van der Waals surface area contributed by atoms with Gasteiger partial charge in [0.2, 0.25) is 10.0 Å². The molecule has 0 N–H and O–H groups in total. The second-order valence-electron chi connectivity index (χ2n) is 9.99. The molecule has 0 radical (unpaired) electrons. The van der Waals surface area contributed by atoms with E-state index in [4.69, 9.17) is 16.3 Å². The van der Waals surface area contributed by atoms with Crippen LogP contribution in [0.3, 0.4) is 0 Å². The number of anilines is 2. The number of thiophene rings is 1. The summed E-state index contributed by atoms with van der Waals surface area (Å²) in [6, 6.07) is 13.0. The molecule has 0 atom stereocenters. The largest absolute Gasteiger partial charge is 0.573 e. The molecule has 0 saturated heterocycles. The van der Waals surface area contributed by atoms with E-state index in [0.717, 1.165) is 16.6 Å². The Morgan fingerprint density at radius 1 is 0.950 bits per heavy atom. The topological polar surface area (TPSA) is 55.8 Å². The van der Waals surface area contributed by atoms with Gasteiger partial charge in [-0.2, -0.15) is 0 Å². The summed E-state index contributed by atoms with van der Waals surface area (Å²) in [5.41, 5.74) is -0.311. The maximum absolute atomic E-state index is 15.5. The number of rotatable bonds is 8. The Morgan fingerprint density at radius 2 is 1.60 bits per heavy atom. The van der Waals surface area contributed by atoms with Gasteiger partial charge in [0.1, 0.15) is 11.5 Å². The van der Waals surface area contributed by atoms with Gasteiger partial charge >= 0.3 is 6.36 Å². The van der Waals surface area contributed by atoms with Crippen LogP contribution in [0.1, 0.15) is 38.8 Å². The van der Waals surface area contributed by atoms with Gasteiger partial charge in [-0.3, -0.25) is 0 Å². The number of halogens is 5. The summed E-state index contributed by atoms with van der Waals surface area (Å²) in [7, 11) is -4.06. The lowest BCUT2D eigenvalue weighted by Crippen LogP contribution is -2.27. The van der Waals surface area contributed by atoms with Crippen molar-refractivity contribution in [3.63, 3.8) is 0 Å². The maximum atomic E-state index is 15.5. The molecule has 0 aliphatic carbocycles. The van der Waals surface area contributed by atoms with Crippen LogP contribution in [-0.4, -0.2) is 27.1 Å². The van der Waals surface area contributed by atoms with Gasteiger partial charge in [0.25, 0.3) is 0 Å². The first kappa shape index (κ1) is 30.0. The molecule has 214 valence electrons. The van der Waals surface area contributed by atoms with E-state index < -0.39 is 33.4 Å². The Bertz CT molecular complexity index is 1670. The minimum atomic E-state index is -4.93. The summed E-state index contributed by atoms with van der Waals surface area (Å²) >= 11 is 7.77. The fourth-order valence-corrected chi connectivity index (χ4v) is 6.35. The highest BCUT2D eigenvalue weighted by Gasteiger charge is 2.33. The molecule has 1 heterocycles. The van der Waals surface area contributed by atoms with Gasteiger partial charge in [-0.1, -0.05) is 25.4 Å². The second-order valence-corrected chi connectivity index (χ2v) is 13.2. The van der Waals surface area contributed by atoms with Gasteiger partial charge in [-0.05, 0) is 78.9 Å². The summed E-state index contributed by atoms with van der Waals surface area (Å²) in [6.07, 6.45) is -4.30. The second kappa shape index (κ2) is 10.8. The first-order chi connectivity index (χ1) is 18.5. The van der Waals surface area contributed by atoms with E-state index in [1.165, 1.54) is 35.6 Å². The Labute approximate surface area is 239 Å². The maximum Gasteiger partial charge on any atom is 0.573 e. The van der Waals surface area contributed by atoms with Gasteiger partial charge < -0.3 is 9.47 Å². The molecule has 0 spiro atoms. The van der Waals surface area contributed by atoms with E-state index in [9.17, 15) is 21.6 Å². The van der Waals surface area contributed by atoms with Crippen molar-refractivity contribution in [3.05, 3.63) is 81.9 Å². The fraction of sp³-hybridized carbons (Fsp3) is 0.286. The Kier molecular flexibility index (Phi) is 8.05. The zero-order valence-electron chi connectivity index (χ0n) is 22.1. The van der Waals surface area contributed by atoms with Crippen LogP contribution in [0.25, 0.3) is 10.1 Å². The lowest BCUT2D eigenvalue weighted by molar-refractivity contribution is -0.274. The smallest absolute Gasteiger partial charge is 0.491 e. The molecule has 4 rings (SSSR count). The summed E-state index contributed by atoms with van der Waals surface area (Å²) in [5.74, 6) is -1.02. The molecular weight excluding hydrogens is 590 g/mol.